The van der Waals surface area contributed by atoms with E-state index in [1.165, 1.54) is 6.42 Å². The van der Waals surface area contributed by atoms with Crippen LogP contribution in [0.25, 0.3) is 0 Å². The first-order valence-electron chi connectivity index (χ1n) is 12.8. The predicted molar refractivity (Wildman–Crippen MR) is 144 cm³/mol. The van der Waals surface area contributed by atoms with Gasteiger partial charge in [0.25, 0.3) is 0 Å². The Morgan fingerprint density at radius 1 is 1.00 bits per heavy atom. The summed E-state index contributed by atoms with van der Waals surface area (Å²) in [5.74, 6) is 3.57. The maximum Gasteiger partial charge on any atom is 0.140 e. The van der Waals surface area contributed by atoms with Crippen molar-refractivity contribution >= 4 is 11.8 Å². The fraction of sp³-hybridized carbons (Fsp3) is 0.400. The molecule has 0 aromatic heterocycles. The average molecular weight is 506 g/mol. The van der Waals surface area contributed by atoms with Gasteiger partial charge in [-0.05, 0) is 72.4 Å². The third-order valence-corrected chi connectivity index (χ3v) is 8.90. The van der Waals surface area contributed by atoms with Crippen molar-refractivity contribution < 1.29 is 19.7 Å². The number of thioether (sulfide) groups is 1. The molecule has 2 aliphatic rings. The van der Waals surface area contributed by atoms with E-state index in [0.29, 0.717) is 12.6 Å². The van der Waals surface area contributed by atoms with E-state index in [1.54, 1.807) is 36.0 Å². The molecule has 190 valence electrons. The predicted octanol–water partition coefficient (Wildman–Crippen LogP) is 6.81. The molecular weight excluding hydrogens is 470 g/mol. The van der Waals surface area contributed by atoms with E-state index in [2.05, 4.69) is 37.8 Å². The Kier molecular flexibility index (Phi) is 7.35. The van der Waals surface area contributed by atoms with E-state index in [1.807, 2.05) is 30.3 Å². The van der Waals surface area contributed by atoms with E-state index in [4.69, 9.17) is 9.47 Å². The maximum atomic E-state index is 10.1. The third kappa shape index (κ3) is 5.30. The summed E-state index contributed by atoms with van der Waals surface area (Å²) >= 11 is 1.64. The summed E-state index contributed by atoms with van der Waals surface area (Å²) in [5, 5.41) is 20.0. The number of phenolic OH excluding ortho intramolecular Hbond substituents is 2. The van der Waals surface area contributed by atoms with Crippen molar-refractivity contribution in [2.75, 3.05) is 19.7 Å². The average Bonchev–Trinajstić information content (AvgIpc) is 3.27. The second-order valence-corrected chi connectivity index (χ2v) is 11.3. The molecule has 0 aliphatic carbocycles. The summed E-state index contributed by atoms with van der Waals surface area (Å²) in [4.78, 5) is 3.44. The molecular formula is C30H35NO4S. The molecule has 0 bridgehead atoms. The molecule has 5 nitrogen and oxygen atoms in total. The fourth-order valence-electron chi connectivity index (χ4n) is 5.31. The number of hydrogen-bond donors (Lipinski definition) is 2. The standard InChI is InChI=1S/C30H35NO4S/c1-4-21-17-31(16-19(21)2)20(3)18-34-26-11-8-22(9-12-26)29-30(23-6-5-7-24(32)14-23)36-28-15-25(33)10-13-27(28)35-29/h5-15,19-21,29-30,32-33H,4,16-18H2,1-3H3/t19-,20-,21-,29-,30+/m0/s1. The number of nitrogens with zero attached hydrogens (tertiary/aromatic N) is 1. The van der Waals surface area contributed by atoms with Gasteiger partial charge in [0.1, 0.15) is 35.7 Å². The Morgan fingerprint density at radius 2 is 1.78 bits per heavy atom. The maximum absolute atomic E-state index is 10.1. The monoisotopic (exact) mass is 505 g/mol. The van der Waals surface area contributed by atoms with Gasteiger partial charge in [-0.2, -0.15) is 0 Å². The summed E-state index contributed by atoms with van der Waals surface area (Å²) in [7, 11) is 0. The molecule has 0 spiro atoms. The van der Waals surface area contributed by atoms with Gasteiger partial charge in [0.15, 0.2) is 0 Å². The van der Waals surface area contributed by atoms with Gasteiger partial charge in [0.2, 0.25) is 0 Å². The van der Waals surface area contributed by atoms with Gasteiger partial charge in [0, 0.05) is 19.1 Å². The lowest BCUT2D eigenvalue weighted by molar-refractivity contribution is 0.166. The second kappa shape index (κ2) is 10.7. The van der Waals surface area contributed by atoms with Gasteiger partial charge in [-0.1, -0.05) is 44.5 Å². The molecule has 0 radical (unpaired) electrons. The molecule has 6 heteroatoms. The van der Waals surface area contributed by atoms with Crippen LogP contribution in [0.1, 0.15) is 49.7 Å². The van der Waals surface area contributed by atoms with Crippen LogP contribution in [0.15, 0.2) is 71.6 Å². The molecule has 0 unspecified atom stereocenters. The van der Waals surface area contributed by atoms with Crippen LogP contribution in [0.4, 0.5) is 0 Å². The molecule has 3 aromatic rings. The first-order valence-corrected chi connectivity index (χ1v) is 13.7. The highest BCUT2D eigenvalue weighted by Crippen LogP contribution is 2.54. The number of hydrogen-bond acceptors (Lipinski definition) is 6. The lowest BCUT2D eigenvalue weighted by Gasteiger charge is -2.34. The molecule has 3 aromatic carbocycles. The molecule has 5 atom stereocenters. The smallest absolute Gasteiger partial charge is 0.140 e. The molecule has 5 rings (SSSR count). The van der Waals surface area contributed by atoms with Gasteiger partial charge >= 0.3 is 0 Å². The highest BCUT2D eigenvalue weighted by molar-refractivity contribution is 7.99. The van der Waals surface area contributed by atoms with E-state index in [-0.39, 0.29) is 22.9 Å². The molecule has 36 heavy (non-hydrogen) atoms. The van der Waals surface area contributed by atoms with Crippen molar-refractivity contribution in [2.24, 2.45) is 11.8 Å². The van der Waals surface area contributed by atoms with Crippen molar-refractivity contribution in [1.29, 1.82) is 0 Å². The molecule has 0 saturated carbocycles. The van der Waals surface area contributed by atoms with Crippen molar-refractivity contribution in [3.63, 3.8) is 0 Å². The van der Waals surface area contributed by atoms with Crippen LogP contribution in [-0.4, -0.2) is 40.9 Å². The minimum Gasteiger partial charge on any atom is -0.508 e. The highest BCUT2D eigenvalue weighted by atomic mass is 32.2. The highest BCUT2D eigenvalue weighted by Gasteiger charge is 2.34. The van der Waals surface area contributed by atoms with Crippen LogP contribution < -0.4 is 9.47 Å². The van der Waals surface area contributed by atoms with E-state index in [9.17, 15) is 10.2 Å². The van der Waals surface area contributed by atoms with E-state index < -0.39 is 0 Å². The van der Waals surface area contributed by atoms with Crippen LogP contribution in [0, 0.1) is 11.8 Å². The van der Waals surface area contributed by atoms with Gasteiger partial charge in [-0.15, -0.1) is 11.8 Å². The van der Waals surface area contributed by atoms with Gasteiger partial charge < -0.3 is 19.7 Å². The van der Waals surface area contributed by atoms with E-state index in [0.717, 1.165) is 52.4 Å². The molecule has 2 aliphatic heterocycles. The van der Waals surface area contributed by atoms with Crippen molar-refractivity contribution in [1.82, 2.24) is 4.90 Å². The number of fused-ring (bicyclic) bond motifs is 1. The SMILES string of the molecule is CC[C@H]1CN([C@@H](C)COc2ccc([C@@H]3Oc4ccc(O)cc4S[C@@H]3c3cccc(O)c3)cc2)C[C@@H]1C. The summed E-state index contributed by atoms with van der Waals surface area (Å²) in [5.41, 5.74) is 2.01. The zero-order chi connectivity index (χ0) is 25.2. The lowest BCUT2D eigenvalue weighted by atomic mass is 9.96. The Morgan fingerprint density at radius 3 is 2.50 bits per heavy atom. The zero-order valence-electron chi connectivity index (χ0n) is 21.1. The summed E-state index contributed by atoms with van der Waals surface area (Å²) in [6.45, 7) is 9.87. The van der Waals surface area contributed by atoms with Crippen LogP contribution in [-0.2, 0) is 0 Å². The first kappa shape index (κ1) is 24.8. The first-order chi connectivity index (χ1) is 17.4. The quantitative estimate of drug-likeness (QED) is 0.368. The Balaban J connectivity index is 1.31. The Labute approximate surface area is 218 Å². The zero-order valence-corrected chi connectivity index (χ0v) is 21.9. The van der Waals surface area contributed by atoms with Crippen LogP contribution in [0.3, 0.4) is 0 Å². The molecule has 2 N–H and O–H groups in total. The molecule has 1 fully saturated rings. The molecule has 1 saturated heterocycles. The number of ether oxygens (including phenoxy) is 2. The largest absolute Gasteiger partial charge is 0.508 e. The summed E-state index contributed by atoms with van der Waals surface area (Å²) < 4.78 is 12.6. The normalized spacial score (nSPS) is 24.6. The molecule has 2 heterocycles. The minimum atomic E-state index is -0.251. The van der Waals surface area contributed by atoms with Gasteiger partial charge in [-0.3, -0.25) is 4.90 Å². The Hall–Kier alpha value is -2.83. The molecule has 0 amide bonds. The minimum absolute atomic E-state index is 0.0816. The van der Waals surface area contributed by atoms with Gasteiger partial charge in [0.05, 0.1) is 10.1 Å². The van der Waals surface area contributed by atoms with Crippen molar-refractivity contribution in [3.8, 4) is 23.0 Å². The summed E-state index contributed by atoms with van der Waals surface area (Å²) in [6.07, 6.45) is 0.989. The number of rotatable bonds is 7. The number of aromatic hydroxyl groups is 2. The van der Waals surface area contributed by atoms with Crippen molar-refractivity contribution in [3.05, 3.63) is 77.9 Å². The van der Waals surface area contributed by atoms with Crippen LogP contribution >= 0.6 is 11.8 Å². The fourth-order valence-corrected chi connectivity index (χ4v) is 6.63. The summed E-state index contributed by atoms with van der Waals surface area (Å²) in [6, 6.07) is 21.0. The van der Waals surface area contributed by atoms with Crippen molar-refractivity contribution in [2.45, 2.75) is 49.5 Å². The van der Waals surface area contributed by atoms with E-state index >= 15 is 0 Å². The van der Waals surface area contributed by atoms with Crippen LogP contribution in [0.5, 0.6) is 23.0 Å². The number of phenols is 2. The Bertz CT molecular complexity index is 1180. The number of likely N-dealkylation sites (tertiary alicyclic amines) is 1. The topological polar surface area (TPSA) is 62.2 Å². The third-order valence-electron chi connectivity index (χ3n) is 7.55. The second-order valence-electron chi connectivity index (χ2n) is 10.1. The van der Waals surface area contributed by atoms with Crippen LogP contribution in [0.2, 0.25) is 0 Å². The number of benzene rings is 3. The van der Waals surface area contributed by atoms with Gasteiger partial charge in [-0.25, -0.2) is 0 Å². The lowest BCUT2D eigenvalue weighted by Crippen LogP contribution is -2.35.